The summed E-state index contributed by atoms with van der Waals surface area (Å²) in [5.41, 5.74) is 4.58. The molecule has 0 aliphatic carbocycles. The molecule has 3 aromatic rings. The summed E-state index contributed by atoms with van der Waals surface area (Å²) in [6, 6.07) is 12.8. The molecule has 0 spiro atoms. The van der Waals surface area contributed by atoms with Crippen molar-refractivity contribution in [2.75, 3.05) is 37.9 Å². The number of methoxy groups -OCH3 is 1. The highest BCUT2D eigenvalue weighted by Gasteiger charge is 2.18. The third kappa shape index (κ3) is 5.38. The molecule has 3 heterocycles. The molecule has 8 heteroatoms. The largest absolute Gasteiger partial charge is 0.382 e. The third-order valence-corrected chi connectivity index (χ3v) is 5.58. The van der Waals surface area contributed by atoms with Gasteiger partial charge in [-0.1, -0.05) is 24.3 Å². The Morgan fingerprint density at radius 1 is 1.06 bits per heavy atom. The number of nitriles is 1. The van der Waals surface area contributed by atoms with E-state index in [0.717, 1.165) is 48.3 Å². The Bertz CT molecular complexity index is 1070. The second-order valence-corrected chi connectivity index (χ2v) is 7.99. The first-order chi connectivity index (χ1) is 15.6. The van der Waals surface area contributed by atoms with Crippen molar-refractivity contribution >= 4 is 17.3 Å². The highest BCUT2D eigenvalue weighted by atomic mass is 16.5. The quantitative estimate of drug-likeness (QED) is 0.585. The van der Waals surface area contributed by atoms with E-state index in [9.17, 15) is 0 Å². The minimum atomic E-state index is 0.278. The fourth-order valence-electron chi connectivity index (χ4n) is 3.77. The Labute approximate surface area is 188 Å². The fourth-order valence-corrected chi connectivity index (χ4v) is 3.77. The van der Waals surface area contributed by atoms with Crippen LogP contribution in [-0.4, -0.2) is 53.1 Å². The molecule has 0 amide bonds. The summed E-state index contributed by atoms with van der Waals surface area (Å²) >= 11 is 0. The van der Waals surface area contributed by atoms with Crippen molar-refractivity contribution in [3.63, 3.8) is 0 Å². The Hall–Kier alpha value is -3.54. The number of aromatic nitrogens is 3. The smallest absolute Gasteiger partial charge is 0.158 e. The number of likely N-dealkylation sites (tertiary alicyclic amines) is 1. The van der Waals surface area contributed by atoms with Gasteiger partial charge in [0, 0.05) is 36.7 Å². The lowest BCUT2D eigenvalue weighted by Crippen LogP contribution is -2.36. The van der Waals surface area contributed by atoms with Gasteiger partial charge in [-0.15, -0.1) is 0 Å². The SMILES string of the molecule is COCc1ccc(-c2cnc(Nc3cnc(C#N)cn3)cc2NC2CCN(C)CC2)cc1. The van der Waals surface area contributed by atoms with Crippen LogP contribution in [0.15, 0.2) is 48.9 Å². The third-order valence-electron chi connectivity index (χ3n) is 5.58. The molecule has 0 unspecified atom stereocenters. The zero-order valence-corrected chi connectivity index (χ0v) is 18.4. The second-order valence-electron chi connectivity index (χ2n) is 7.99. The number of benzene rings is 1. The van der Waals surface area contributed by atoms with Crippen LogP contribution in [0.25, 0.3) is 11.1 Å². The van der Waals surface area contributed by atoms with Crippen molar-refractivity contribution in [3.8, 4) is 17.2 Å². The molecule has 1 aliphatic rings. The van der Waals surface area contributed by atoms with Gasteiger partial charge in [0.05, 0.1) is 19.0 Å². The normalized spacial score (nSPS) is 14.7. The van der Waals surface area contributed by atoms with E-state index in [1.807, 2.05) is 18.3 Å². The van der Waals surface area contributed by atoms with Gasteiger partial charge in [0.2, 0.25) is 0 Å². The molecule has 8 nitrogen and oxygen atoms in total. The second kappa shape index (κ2) is 10.2. The maximum atomic E-state index is 8.91. The molecular weight excluding hydrogens is 402 g/mol. The number of anilines is 3. The van der Waals surface area contributed by atoms with Crippen LogP contribution < -0.4 is 10.6 Å². The Kier molecular flexibility index (Phi) is 6.90. The molecule has 1 aliphatic heterocycles. The van der Waals surface area contributed by atoms with Crippen LogP contribution in [0.4, 0.5) is 17.3 Å². The van der Waals surface area contributed by atoms with Gasteiger partial charge in [-0.25, -0.2) is 15.0 Å². The summed E-state index contributed by atoms with van der Waals surface area (Å²) in [6.45, 7) is 2.75. The molecule has 164 valence electrons. The standard InChI is InChI=1S/C24H27N7O/c1-31-9-7-19(8-10-31)29-22-11-23(30-24-15-26-20(12-25)13-27-24)28-14-21(22)18-5-3-17(4-6-18)16-32-2/h3-6,11,13-15,19H,7-10,16H2,1-2H3,(H2,27,28,29,30). The van der Waals surface area contributed by atoms with Crippen LogP contribution in [0.5, 0.6) is 0 Å². The minimum Gasteiger partial charge on any atom is -0.382 e. The lowest BCUT2D eigenvalue weighted by atomic mass is 10.0. The highest BCUT2D eigenvalue weighted by Crippen LogP contribution is 2.32. The van der Waals surface area contributed by atoms with E-state index in [2.05, 4.69) is 61.8 Å². The van der Waals surface area contributed by atoms with Gasteiger partial charge in [-0.3, -0.25) is 0 Å². The molecule has 1 fully saturated rings. The van der Waals surface area contributed by atoms with E-state index in [-0.39, 0.29) is 5.69 Å². The topological polar surface area (TPSA) is 99.0 Å². The molecule has 0 atom stereocenters. The van der Waals surface area contributed by atoms with Gasteiger partial charge in [-0.05, 0) is 44.1 Å². The molecule has 2 aromatic heterocycles. The Balaban J connectivity index is 1.61. The molecule has 1 aromatic carbocycles. The number of nitrogens with zero attached hydrogens (tertiary/aromatic N) is 5. The van der Waals surface area contributed by atoms with Gasteiger partial charge >= 0.3 is 0 Å². The van der Waals surface area contributed by atoms with Crippen LogP contribution >= 0.6 is 0 Å². The monoisotopic (exact) mass is 429 g/mol. The Morgan fingerprint density at radius 3 is 2.47 bits per heavy atom. The molecule has 2 N–H and O–H groups in total. The fraction of sp³-hybridized carbons (Fsp3) is 0.333. The van der Waals surface area contributed by atoms with Crippen molar-refractivity contribution in [2.45, 2.75) is 25.5 Å². The summed E-state index contributed by atoms with van der Waals surface area (Å²) < 4.78 is 5.23. The number of pyridine rings is 1. The number of ether oxygens (including phenoxy) is 1. The number of hydrogen-bond donors (Lipinski definition) is 2. The van der Waals surface area contributed by atoms with Gasteiger partial charge < -0.3 is 20.3 Å². The zero-order valence-electron chi connectivity index (χ0n) is 18.4. The maximum absolute atomic E-state index is 8.91. The number of rotatable bonds is 7. The van der Waals surface area contributed by atoms with Crippen LogP contribution in [-0.2, 0) is 11.3 Å². The van der Waals surface area contributed by atoms with E-state index in [1.165, 1.54) is 12.4 Å². The van der Waals surface area contributed by atoms with Crippen molar-refractivity contribution in [2.24, 2.45) is 0 Å². The van der Waals surface area contributed by atoms with E-state index in [0.29, 0.717) is 24.3 Å². The van der Waals surface area contributed by atoms with Crippen molar-refractivity contribution < 1.29 is 4.74 Å². The van der Waals surface area contributed by atoms with E-state index >= 15 is 0 Å². The average molecular weight is 430 g/mol. The first-order valence-corrected chi connectivity index (χ1v) is 10.7. The van der Waals surface area contributed by atoms with Gasteiger partial charge in [0.1, 0.15) is 17.7 Å². The van der Waals surface area contributed by atoms with Gasteiger partial charge in [-0.2, -0.15) is 5.26 Å². The Morgan fingerprint density at radius 2 is 1.81 bits per heavy atom. The van der Waals surface area contributed by atoms with Crippen LogP contribution in [0.3, 0.4) is 0 Å². The number of hydrogen-bond acceptors (Lipinski definition) is 8. The first kappa shape index (κ1) is 21.7. The van der Waals surface area contributed by atoms with E-state index < -0.39 is 0 Å². The predicted octanol–water partition coefficient (Wildman–Crippen LogP) is 3.81. The molecule has 0 saturated carbocycles. The van der Waals surface area contributed by atoms with Crippen LogP contribution in [0.1, 0.15) is 24.1 Å². The first-order valence-electron chi connectivity index (χ1n) is 10.7. The van der Waals surface area contributed by atoms with E-state index in [4.69, 9.17) is 10.00 Å². The predicted molar refractivity (Wildman–Crippen MR) is 125 cm³/mol. The summed E-state index contributed by atoms with van der Waals surface area (Å²) in [5, 5.41) is 15.8. The maximum Gasteiger partial charge on any atom is 0.158 e. The van der Waals surface area contributed by atoms with Gasteiger partial charge in [0.25, 0.3) is 0 Å². The van der Waals surface area contributed by atoms with Crippen molar-refractivity contribution in [3.05, 3.63) is 60.2 Å². The molecule has 4 rings (SSSR count). The summed E-state index contributed by atoms with van der Waals surface area (Å²) in [4.78, 5) is 15.3. The highest BCUT2D eigenvalue weighted by molar-refractivity contribution is 5.80. The molecule has 1 saturated heterocycles. The van der Waals surface area contributed by atoms with E-state index in [1.54, 1.807) is 7.11 Å². The molecule has 0 radical (unpaired) electrons. The molecule has 32 heavy (non-hydrogen) atoms. The lowest BCUT2D eigenvalue weighted by Gasteiger charge is -2.31. The van der Waals surface area contributed by atoms with Gasteiger partial charge in [0.15, 0.2) is 5.69 Å². The van der Waals surface area contributed by atoms with Crippen LogP contribution in [0, 0.1) is 11.3 Å². The summed E-state index contributed by atoms with van der Waals surface area (Å²) in [5.74, 6) is 1.21. The summed E-state index contributed by atoms with van der Waals surface area (Å²) in [6.07, 6.45) is 7.04. The lowest BCUT2D eigenvalue weighted by molar-refractivity contribution is 0.185. The van der Waals surface area contributed by atoms with Crippen molar-refractivity contribution in [1.29, 1.82) is 5.26 Å². The number of nitrogens with one attached hydrogen (secondary N) is 2. The van der Waals surface area contributed by atoms with Crippen LogP contribution in [0.2, 0.25) is 0 Å². The number of piperidine rings is 1. The zero-order chi connectivity index (χ0) is 22.3. The molecule has 0 bridgehead atoms. The van der Waals surface area contributed by atoms with Crippen molar-refractivity contribution in [1.82, 2.24) is 19.9 Å². The average Bonchev–Trinajstić information content (AvgIpc) is 2.82. The summed E-state index contributed by atoms with van der Waals surface area (Å²) in [7, 11) is 3.86. The minimum absolute atomic E-state index is 0.278. The molecular formula is C24H27N7O.